The van der Waals surface area contributed by atoms with Crippen molar-refractivity contribution in [2.24, 2.45) is 12.8 Å². The Morgan fingerprint density at radius 2 is 1.83 bits per heavy atom. The van der Waals surface area contributed by atoms with Gasteiger partial charge in [0.2, 0.25) is 0 Å². The van der Waals surface area contributed by atoms with E-state index in [0.29, 0.717) is 18.1 Å². The lowest BCUT2D eigenvalue weighted by atomic mass is 10.2. The first kappa shape index (κ1) is 13.1. The van der Waals surface area contributed by atoms with Crippen molar-refractivity contribution in [3.8, 4) is 0 Å². The Bertz CT molecular complexity index is 582. The van der Waals surface area contributed by atoms with Crippen LogP contribution in [0.1, 0.15) is 28.3 Å². The van der Waals surface area contributed by atoms with Crippen molar-refractivity contribution >= 4 is 11.6 Å². The molecule has 2 aromatic heterocycles. The van der Waals surface area contributed by atoms with E-state index in [-0.39, 0.29) is 0 Å². The molecule has 0 radical (unpaired) electrons. The maximum absolute atomic E-state index is 6.25. The van der Waals surface area contributed by atoms with Gasteiger partial charge < -0.3 is 5.73 Å². The van der Waals surface area contributed by atoms with E-state index in [1.165, 1.54) is 0 Å². The molecule has 0 spiro atoms. The number of halogens is 1. The van der Waals surface area contributed by atoms with Gasteiger partial charge in [0, 0.05) is 24.8 Å². The lowest BCUT2D eigenvalue weighted by Gasteiger charge is -2.06. The molecule has 0 aliphatic heterocycles. The van der Waals surface area contributed by atoms with Crippen molar-refractivity contribution in [2.45, 2.75) is 33.9 Å². The Morgan fingerprint density at radius 3 is 2.28 bits per heavy atom. The van der Waals surface area contributed by atoms with Gasteiger partial charge in [0.25, 0.3) is 0 Å². The van der Waals surface area contributed by atoms with Crippen LogP contribution in [0.15, 0.2) is 0 Å². The summed E-state index contributed by atoms with van der Waals surface area (Å²) >= 11 is 6.25. The van der Waals surface area contributed by atoms with Crippen molar-refractivity contribution in [3.05, 3.63) is 33.4 Å². The quantitative estimate of drug-likeness (QED) is 0.921. The summed E-state index contributed by atoms with van der Waals surface area (Å²) in [5, 5.41) is 9.52. The molecular weight excluding hydrogens is 250 g/mol. The van der Waals surface area contributed by atoms with Crippen molar-refractivity contribution in [2.75, 3.05) is 0 Å². The Labute approximate surface area is 112 Å². The van der Waals surface area contributed by atoms with Gasteiger partial charge >= 0.3 is 0 Å². The highest BCUT2D eigenvalue weighted by Gasteiger charge is 2.15. The van der Waals surface area contributed by atoms with E-state index in [1.54, 1.807) is 4.68 Å². The maximum atomic E-state index is 6.25. The smallest absolute Gasteiger partial charge is 0.0866 e. The summed E-state index contributed by atoms with van der Waals surface area (Å²) < 4.78 is 3.73. The summed E-state index contributed by atoms with van der Waals surface area (Å²) in [6.45, 7) is 7.03. The molecule has 0 fully saturated rings. The van der Waals surface area contributed by atoms with Gasteiger partial charge in [-0.2, -0.15) is 10.2 Å². The SMILES string of the molecule is Cc1nn(C)c(Cn2nc(C)c(CN)c2C)c1Cl. The topological polar surface area (TPSA) is 61.7 Å². The van der Waals surface area contributed by atoms with Crippen LogP contribution in [0.5, 0.6) is 0 Å². The second kappa shape index (κ2) is 4.74. The number of hydrogen-bond acceptors (Lipinski definition) is 3. The second-order valence-electron chi connectivity index (χ2n) is 4.48. The lowest BCUT2D eigenvalue weighted by molar-refractivity contribution is 0.603. The fraction of sp³-hybridized carbons (Fsp3) is 0.500. The van der Waals surface area contributed by atoms with Crippen LogP contribution >= 0.6 is 11.6 Å². The van der Waals surface area contributed by atoms with E-state index < -0.39 is 0 Å². The van der Waals surface area contributed by atoms with E-state index in [0.717, 1.165) is 28.3 Å². The zero-order valence-electron chi connectivity index (χ0n) is 11.2. The molecule has 98 valence electrons. The fourth-order valence-corrected chi connectivity index (χ4v) is 2.40. The number of rotatable bonds is 3. The summed E-state index contributed by atoms with van der Waals surface area (Å²) in [5.41, 5.74) is 10.7. The third-order valence-electron chi connectivity index (χ3n) is 3.30. The molecule has 6 heteroatoms. The van der Waals surface area contributed by atoms with Crippen molar-refractivity contribution < 1.29 is 0 Å². The number of aryl methyl sites for hydroxylation is 3. The van der Waals surface area contributed by atoms with Crippen LogP contribution in [-0.4, -0.2) is 19.6 Å². The normalized spacial score (nSPS) is 11.2. The number of aromatic nitrogens is 4. The average Bonchev–Trinajstić information content (AvgIpc) is 2.71. The van der Waals surface area contributed by atoms with Crippen LogP contribution in [0.2, 0.25) is 5.02 Å². The third kappa shape index (κ3) is 2.04. The van der Waals surface area contributed by atoms with Gasteiger partial charge in [0.15, 0.2) is 0 Å². The standard InChI is InChI=1S/C12H18ClN5/c1-7-10(5-14)9(3)18(16-7)6-11-12(13)8(2)15-17(11)4/h5-6,14H2,1-4H3. The molecule has 0 bridgehead atoms. The maximum Gasteiger partial charge on any atom is 0.0866 e. The first-order valence-corrected chi connectivity index (χ1v) is 6.24. The van der Waals surface area contributed by atoms with Crippen molar-refractivity contribution in [1.29, 1.82) is 0 Å². The van der Waals surface area contributed by atoms with Gasteiger partial charge in [0.1, 0.15) is 0 Å². The van der Waals surface area contributed by atoms with E-state index in [9.17, 15) is 0 Å². The minimum atomic E-state index is 0.510. The predicted molar refractivity (Wildman–Crippen MR) is 71.6 cm³/mol. The van der Waals surface area contributed by atoms with E-state index in [1.807, 2.05) is 32.5 Å². The van der Waals surface area contributed by atoms with Crippen LogP contribution in [0.4, 0.5) is 0 Å². The number of nitrogens with two attached hydrogens (primary N) is 1. The van der Waals surface area contributed by atoms with Crippen LogP contribution < -0.4 is 5.73 Å². The molecule has 2 aromatic rings. The summed E-state index contributed by atoms with van der Waals surface area (Å²) in [4.78, 5) is 0. The highest BCUT2D eigenvalue weighted by Crippen LogP contribution is 2.21. The van der Waals surface area contributed by atoms with Gasteiger partial charge in [0.05, 0.1) is 28.6 Å². The zero-order valence-corrected chi connectivity index (χ0v) is 11.9. The molecule has 2 rings (SSSR count). The molecular formula is C12H18ClN5. The van der Waals surface area contributed by atoms with Crippen LogP contribution in [0.25, 0.3) is 0 Å². The van der Waals surface area contributed by atoms with Crippen molar-refractivity contribution in [1.82, 2.24) is 19.6 Å². The van der Waals surface area contributed by atoms with Crippen LogP contribution in [0.3, 0.4) is 0 Å². The summed E-state index contributed by atoms with van der Waals surface area (Å²) in [6.07, 6.45) is 0. The molecule has 18 heavy (non-hydrogen) atoms. The van der Waals surface area contributed by atoms with Crippen molar-refractivity contribution in [3.63, 3.8) is 0 Å². The molecule has 0 aliphatic rings. The Morgan fingerprint density at radius 1 is 1.17 bits per heavy atom. The van der Waals surface area contributed by atoms with E-state index in [2.05, 4.69) is 10.2 Å². The highest BCUT2D eigenvalue weighted by atomic mass is 35.5. The largest absolute Gasteiger partial charge is 0.326 e. The van der Waals surface area contributed by atoms with Gasteiger partial charge in [-0.15, -0.1) is 0 Å². The second-order valence-corrected chi connectivity index (χ2v) is 4.86. The molecule has 0 unspecified atom stereocenters. The molecule has 0 saturated heterocycles. The molecule has 0 atom stereocenters. The number of hydrogen-bond donors (Lipinski definition) is 1. The zero-order chi connectivity index (χ0) is 13.4. The van der Waals surface area contributed by atoms with Crippen LogP contribution in [0, 0.1) is 20.8 Å². The first-order valence-electron chi connectivity index (χ1n) is 5.86. The molecule has 5 nitrogen and oxygen atoms in total. The van der Waals surface area contributed by atoms with Crippen LogP contribution in [-0.2, 0) is 20.1 Å². The minimum Gasteiger partial charge on any atom is -0.326 e. The lowest BCUT2D eigenvalue weighted by Crippen LogP contribution is -2.09. The number of nitrogens with zero attached hydrogens (tertiary/aromatic N) is 4. The third-order valence-corrected chi connectivity index (χ3v) is 3.79. The first-order chi connectivity index (χ1) is 8.45. The molecule has 0 aliphatic carbocycles. The molecule has 2 heterocycles. The Kier molecular flexibility index (Phi) is 3.45. The molecule has 2 N–H and O–H groups in total. The Hall–Kier alpha value is -1.33. The summed E-state index contributed by atoms with van der Waals surface area (Å²) in [5.74, 6) is 0. The minimum absolute atomic E-state index is 0.510. The Balaban J connectivity index is 2.40. The molecule has 0 aromatic carbocycles. The van der Waals surface area contributed by atoms with E-state index >= 15 is 0 Å². The monoisotopic (exact) mass is 267 g/mol. The summed E-state index contributed by atoms with van der Waals surface area (Å²) in [6, 6.07) is 0. The highest BCUT2D eigenvalue weighted by molar-refractivity contribution is 6.31. The van der Waals surface area contributed by atoms with Gasteiger partial charge in [-0.1, -0.05) is 11.6 Å². The summed E-state index contributed by atoms with van der Waals surface area (Å²) in [7, 11) is 1.89. The van der Waals surface area contributed by atoms with Gasteiger partial charge in [-0.3, -0.25) is 9.36 Å². The fourth-order valence-electron chi connectivity index (χ4n) is 2.18. The van der Waals surface area contributed by atoms with Gasteiger partial charge in [-0.25, -0.2) is 0 Å². The average molecular weight is 268 g/mol. The molecule has 0 amide bonds. The van der Waals surface area contributed by atoms with E-state index in [4.69, 9.17) is 17.3 Å². The molecule has 0 saturated carbocycles. The van der Waals surface area contributed by atoms with Gasteiger partial charge in [-0.05, 0) is 20.8 Å². The predicted octanol–water partition coefficient (Wildman–Crippen LogP) is 1.70.